The van der Waals surface area contributed by atoms with Crippen molar-refractivity contribution in [2.75, 3.05) is 25.0 Å². The van der Waals surface area contributed by atoms with Crippen molar-refractivity contribution in [1.29, 1.82) is 0 Å². The molecule has 1 fully saturated rings. The van der Waals surface area contributed by atoms with Gasteiger partial charge >= 0.3 is 0 Å². The molecule has 0 aromatic heterocycles. The monoisotopic (exact) mass is 323 g/mol. The van der Waals surface area contributed by atoms with Crippen LogP contribution in [0, 0.1) is 5.92 Å². The van der Waals surface area contributed by atoms with Gasteiger partial charge in [0.05, 0.1) is 0 Å². The Balaban J connectivity index is 1.53. The summed E-state index contributed by atoms with van der Waals surface area (Å²) < 4.78 is 6.05. The number of fused-ring (bicyclic) bond motifs is 1. The molecule has 0 N–H and O–H groups in total. The van der Waals surface area contributed by atoms with Gasteiger partial charge in [0.25, 0.3) is 0 Å². The van der Waals surface area contributed by atoms with Gasteiger partial charge < -0.3 is 4.74 Å². The molecule has 3 rings (SSSR count). The molecule has 2 aliphatic heterocycles. The van der Waals surface area contributed by atoms with E-state index in [1.54, 1.807) is 0 Å². The van der Waals surface area contributed by atoms with Crippen molar-refractivity contribution in [3.8, 4) is 5.75 Å². The molecule has 2 unspecified atom stereocenters. The van der Waals surface area contributed by atoms with Crippen molar-refractivity contribution >= 4 is 15.9 Å². The van der Waals surface area contributed by atoms with E-state index in [1.807, 2.05) is 0 Å². The Morgan fingerprint density at radius 1 is 1.32 bits per heavy atom. The number of hydrogen-bond acceptors (Lipinski definition) is 2. The van der Waals surface area contributed by atoms with Crippen LogP contribution >= 0.6 is 15.9 Å². The van der Waals surface area contributed by atoms with Gasteiger partial charge in [-0.15, -0.1) is 0 Å². The van der Waals surface area contributed by atoms with Gasteiger partial charge in [-0.05, 0) is 43.4 Å². The Labute approximate surface area is 124 Å². The van der Waals surface area contributed by atoms with Gasteiger partial charge in [0.1, 0.15) is 11.9 Å². The van der Waals surface area contributed by atoms with Gasteiger partial charge in [-0.2, -0.15) is 0 Å². The van der Waals surface area contributed by atoms with E-state index in [1.165, 1.54) is 37.9 Å². The van der Waals surface area contributed by atoms with Crippen molar-refractivity contribution in [1.82, 2.24) is 4.90 Å². The molecule has 1 aromatic carbocycles. The minimum Gasteiger partial charge on any atom is -0.488 e. The summed E-state index contributed by atoms with van der Waals surface area (Å²) in [6.45, 7) is 3.59. The van der Waals surface area contributed by atoms with Gasteiger partial charge in [-0.25, -0.2) is 0 Å². The Morgan fingerprint density at radius 2 is 2.21 bits per heavy atom. The molecule has 1 aromatic rings. The van der Waals surface area contributed by atoms with E-state index < -0.39 is 0 Å². The number of ether oxygens (including phenoxy) is 1. The first-order valence-electron chi connectivity index (χ1n) is 7.38. The minimum atomic E-state index is 0.361. The lowest BCUT2D eigenvalue weighted by Crippen LogP contribution is -2.41. The summed E-state index contributed by atoms with van der Waals surface area (Å²) >= 11 is 3.57. The summed E-state index contributed by atoms with van der Waals surface area (Å²) in [5.74, 6) is 1.97. The summed E-state index contributed by atoms with van der Waals surface area (Å²) in [6.07, 6.45) is 5.49. The number of benzene rings is 1. The average Bonchev–Trinajstić information content (AvgIpc) is 2.81. The lowest BCUT2D eigenvalue weighted by atomic mass is 9.95. The summed E-state index contributed by atoms with van der Waals surface area (Å²) in [5, 5.41) is 1.14. The molecule has 0 radical (unpaired) electrons. The van der Waals surface area contributed by atoms with Crippen LogP contribution in [0.25, 0.3) is 0 Å². The predicted octanol–water partition coefficient (Wildman–Crippen LogP) is 3.49. The highest BCUT2D eigenvalue weighted by molar-refractivity contribution is 9.09. The fraction of sp³-hybridized carbons (Fsp3) is 0.625. The van der Waals surface area contributed by atoms with Crippen LogP contribution in [0.2, 0.25) is 0 Å². The number of para-hydroxylation sites is 1. The van der Waals surface area contributed by atoms with Crippen molar-refractivity contribution in [2.24, 2.45) is 5.92 Å². The lowest BCUT2D eigenvalue weighted by Gasteiger charge is -2.33. The first-order valence-corrected chi connectivity index (χ1v) is 8.50. The zero-order valence-corrected chi connectivity index (χ0v) is 12.9. The van der Waals surface area contributed by atoms with Crippen molar-refractivity contribution < 1.29 is 4.74 Å². The highest BCUT2D eigenvalue weighted by Gasteiger charge is 2.27. The van der Waals surface area contributed by atoms with E-state index in [0.717, 1.165) is 30.0 Å². The summed E-state index contributed by atoms with van der Waals surface area (Å²) in [4.78, 5) is 2.60. The van der Waals surface area contributed by atoms with Crippen molar-refractivity contribution in [3.05, 3.63) is 29.8 Å². The number of hydrogen-bond donors (Lipinski definition) is 0. The predicted molar refractivity (Wildman–Crippen MR) is 82.1 cm³/mol. The molecule has 2 heterocycles. The van der Waals surface area contributed by atoms with Gasteiger partial charge in [0, 0.05) is 24.8 Å². The van der Waals surface area contributed by atoms with E-state index in [9.17, 15) is 0 Å². The smallest absolute Gasteiger partial charge is 0.123 e. The van der Waals surface area contributed by atoms with Crippen LogP contribution in [-0.4, -0.2) is 36.0 Å². The summed E-state index contributed by atoms with van der Waals surface area (Å²) in [5.41, 5.74) is 1.38. The minimum absolute atomic E-state index is 0.361. The molecule has 2 nitrogen and oxygen atoms in total. The Bertz CT molecular complexity index is 396. The molecule has 2 atom stereocenters. The zero-order chi connectivity index (χ0) is 13.1. The topological polar surface area (TPSA) is 12.5 Å². The normalized spacial score (nSPS) is 27.0. The number of alkyl halides is 1. The maximum absolute atomic E-state index is 6.05. The molecular formula is C16H22BrNO. The lowest BCUT2D eigenvalue weighted by molar-refractivity contribution is 0.110. The van der Waals surface area contributed by atoms with Crippen LogP contribution in [0.1, 0.15) is 24.8 Å². The Kier molecular flexibility index (Phi) is 4.44. The van der Waals surface area contributed by atoms with Crippen LogP contribution in [0.5, 0.6) is 5.75 Å². The van der Waals surface area contributed by atoms with Gasteiger partial charge in [-0.3, -0.25) is 4.90 Å². The zero-order valence-electron chi connectivity index (χ0n) is 11.4. The third-order valence-corrected chi connectivity index (χ3v) is 4.75. The molecule has 0 spiro atoms. The van der Waals surface area contributed by atoms with E-state index in [-0.39, 0.29) is 0 Å². The second-order valence-corrected chi connectivity index (χ2v) is 6.59. The van der Waals surface area contributed by atoms with Crippen LogP contribution in [-0.2, 0) is 6.42 Å². The van der Waals surface area contributed by atoms with E-state index in [0.29, 0.717) is 6.10 Å². The number of nitrogens with zero attached hydrogens (tertiary/aromatic N) is 1. The number of rotatable bonds is 4. The highest BCUT2D eigenvalue weighted by atomic mass is 79.9. The van der Waals surface area contributed by atoms with Gasteiger partial charge in [0.15, 0.2) is 0 Å². The van der Waals surface area contributed by atoms with Crippen LogP contribution in [0.15, 0.2) is 24.3 Å². The summed E-state index contributed by atoms with van der Waals surface area (Å²) in [6, 6.07) is 8.46. The SMILES string of the molecule is BrCCC1CCCN(CC2Cc3ccccc3O2)C1. The van der Waals surface area contributed by atoms with E-state index in [2.05, 4.69) is 45.1 Å². The Morgan fingerprint density at radius 3 is 3.05 bits per heavy atom. The van der Waals surface area contributed by atoms with Crippen molar-refractivity contribution in [3.63, 3.8) is 0 Å². The second kappa shape index (κ2) is 6.27. The molecule has 19 heavy (non-hydrogen) atoms. The van der Waals surface area contributed by atoms with Crippen LogP contribution < -0.4 is 4.74 Å². The molecular weight excluding hydrogens is 302 g/mol. The standard InChI is InChI=1S/C16H22BrNO/c17-8-7-13-4-3-9-18(11-13)12-15-10-14-5-1-2-6-16(14)19-15/h1-2,5-6,13,15H,3-4,7-12H2. The highest BCUT2D eigenvalue weighted by Crippen LogP contribution is 2.29. The number of halogens is 1. The molecule has 2 aliphatic rings. The second-order valence-electron chi connectivity index (χ2n) is 5.80. The van der Waals surface area contributed by atoms with Gasteiger partial charge in [0.2, 0.25) is 0 Å². The first kappa shape index (κ1) is 13.4. The van der Waals surface area contributed by atoms with Crippen LogP contribution in [0.3, 0.4) is 0 Å². The molecule has 0 aliphatic carbocycles. The molecule has 0 bridgehead atoms. The molecule has 104 valence electrons. The first-order chi connectivity index (χ1) is 9.35. The third-order valence-electron chi connectivity index (χ3n) is 4.30. The van der Waals surface area contributed by atoms with Crippen molar-refractivity contribution in [2.45, 2.75) is 31.8 Å². The Hall–Kier alpha value is -0.540. The molecule has 0 amide bonds. The number of likely N-dealkylation sites (tertiary alicyclic amines) is 1. The maximum Gasteiger partial charge on any atom is 0.123 e. The third kappa shape index (κ3) is 3.32. The average molecular weight is 324 g/mol. The molecule has 1 saturated heterocycles. The number of piperidine rings is 1. The fourth-order valence-electron chi connectivity index (χ4n) is 3.35. The van der Waals surface area contributed by atoms with E-state index >= 15 is 0 Å². The molecule has 3 heteroatoms. The summed E-state index contributed by atoms with van der Waals surface area (Å²) in [7, 11) is 0. The largest absolute Gasteiger partial charge is 0.488 e. The quantitative estimate of drug-likeness (QED) is 0.786. The molecule has 0 saturated carbocycles. The fourth-order valence-corrected chi connectivity index (χ4v) is 4.00. The van der Waals surface area contributed by atoms with Crippen LogP contribution in [0.4, 0.5) is 0 Å². The van der Waals surface area contributed by atoms with E-state index in [4.69, 9.17) is 4.74 Å². The maximum atomic E-state index is 6.05. The van der Waals surface area contributed by atoms with Gasteiger partial charge in [-0.1, -0.05) is 34.1 Å².